The van der Waals surface area contributed by atoms with Gasteiger partial charge >= 0.3 is 0 Å². The summed E-state index contributed by atoms with van der Waals surface area (Å²) in [7, 11) is 0. The maximum atomic E-state index is 6.42. The van der Waals surface area contributed by atoms with Crippen LogP contribution in [0.1, 0.15) is 47.2 Å². The number of nitrogens with zero attached hydrogens (tertiary/aromatic N) is 1. The van der Waals surface area contributed by atoms with E-state index in [9.17, 15) is 0 Å². The summed E-state index contributed by atoms with van der Waals surface area (Å²) in [5.74, 6) is 0. The number of hydrogen-bond acceptors (Lipinski definition) is 2. The van der Waals surface area contributed by atoms with Crippen LogP contribution in [0.3, 0.4) is 0 Å². The van der Waals surface area contributed by atoms with Crippen LogP contribution in [0.2, 0.25) is 0 Å². The predicted molar refractivity (Wildman–Crippen MR) is 223 cm³/mol. The van der Waals surface area contributed by atoms with Crippen molar-refractivity contribution in [1.29, 1.82) is 0 Å². The first-order valence-corrected chi connectivity index (χ1v) is 18.9. The smallest absolute Gasteiger partial charge is 0.143 e. The van der Waals surface area contributed by atoms with Gasteiger partial charge < -0.3 is 9.32 Å². The number of rotatable bonds is 4. The molecular weight excluding hydrogens is 655 g/mol. The first kappa shape index (κ1) is 30.9. The van der Waals surface area contributed by atoms with Gasteiger partial charge in [-0.05, 0) is 92.5 Å². The Bertz CT molecular complexity index is 2860. The molecule has 2 nitrogen and oxygen atoms in total. The predicted octanol–water partition coefficient (Wildman–Crippen LogP) is 13.7. The maximum Gasteiger partial charge on any atom is 0.143 e. The van der Waals surface area contributed by atoms with E-state index in [1.807, 2.05) is 12.1 Å². The fourth-order valence-corrected chi connectivity index (χ4v) is 9.78. The summed E-state index contributed by atoms with van der Waals surface area (Å²) in [5, 5.41) is 2.28. The molecule has 0 amide bonds. The van der Waals surface area contributed by atoms with Crippen LogP contribution in [0.5, 0.6) is 0 Å². The zero-order valence-corrected chi connectivity index (χ0v) is 30.3. The molecule has 0 bridgehead atoms. The van der Waals surface area contributed by atoms with Crippen molar-refractivity contribution in [3.8, 4) is 22.3 Å². The summed E-state index contributed by atoms with van der Waals surface area (Å²) in [6.45, 7) is 4.75. The van der Waals surface area contributed by atoms with E-state index in [-0.39, 0.29) is 5.41 Å². The van der Waals surface area contributed by atoms with Gasteiger partial charge in [-0.15, -0.1) is 0 Å². The highest BCUT2D eigenvalue weighted by atomic mass is 16.3. The van der Waals surface area contributed by atoms with Gasteiger partial charge in [-0.3, -0.25) is 0 Å². The van der Waals surface area contributed by atoms with Crippen molar-refractivity contribution >= 4 is 39.0 Å². The van der Waals surface area contributed by atoms with Crippen molar-refractivity contribution in [2.75, 3.05) is 4.90 Å². The fraction of sp³-hybridized carbons (Fsp3) is 0.0769. The Morgan fingerprint density at radius 2 is 0.926 bits per heavy atom. The van der Waals surface area contributed by atoms with Crippen LogP contribution in [0, 0.1) is 0 Å². The number of para-hydroxylation sites is 3. The van der Waals surface area contributed by atoms with Crippen molar-refractivity contribution in [3.05, 3.63) is 221 Å². The highest BCUT2D eigenvalue weighted by Crippen LogP contribution is 2.62. The molecule has 2 heteroatoms. The topological polar surface area (TPSA) is 16.4 Å². The number of hydrogen-bond donors (Lipinski definition) is 0. The van der Waals surface area contributed by atoms with Crippen LogP contribution in [0.25, 0.3) is 44.2 Å². The number of anilines is 3. The van der Waals surface area contributed by atoms with Crippen LogP contribution in [-0.2, 0) is 10.8 Å². The van der Waals surface area contributed by atoms with Crippen LogP contribution < -0.4 is 4.90 Å². The van der Waals surface area contributed by atoms with E-state index in [1.54, 1.807) is 0 Å². The molecular formula is C52H37NO. The van der Waals surface area contributed by atoms with E-state index in [1.165, 1.54) is 44.5 Å². The van der Waals surface area contributed by atoms with Gasteiger partial charge in [0.1, 0.15) is 11.2 Å². The lowest BCUT2D eigenvalue weighted by atomic mass is 9.55. The van der Waals surface area contributed by atoms with Gasteiger partial charge in [0.05, 0.1) is 5.41 Å². The summed E-state index contributed by atoms with van der Waals surface area (Å²) in [6.07, 6.45) is 0. The Hall–Kier alpha value is -6.64. The third-order valence-electron chi connectivity index (χ3n) is 12.2. The SMILES string of the molecule is CC1(C)c2ccccc2C2(c3ccccc3-c3cc(N(c4ccccc4)c4ccc(-c5cccc6c5oc5ccccc56)cc4)ccc32)c2ccccc21. The van der Waals surface area contributed by atoms with E-state index in [4.69, 9.17) is 4.42 Å². The Balaban J connectivity index is 1.09. The Kier molecular flexibility index (Phi) is 6.55. The minimum Gasteiger partial charge on any atom is -0.455 e. The molecule has 0 N–H and O–H groups in total. The maximum absolute atomic E-state index is 6.42. The number of fused-ring (bicyclic) bond motifs is 12. The molecule has 2 aliphatic rings. The van der Waals surface area contributed by atoms with E-state index in [0.717, 1.165) is 50.1 Å². The Morgan fingerprint density at radius 3 is 1.67 bits per heavy atom. The molecule has 1 aromatic heterocycles. The van der Waals surface area contributed by atoms with E-state index in [0.29, 0.717) is 0 Å². The van der Waals surface area contributed by atoms with Crippen LogP contribution >= 0.6 is 0 Å². The summed E-state index contributed by atoms with van der Waals surface area (Å²) >= 11 is 0. The quantitative estimate of drug-likeness (QED) is 0.183. The fourth-order valence-electron chi connectivity index (χ4n) is 9.78. The van der Waals surface area contributed by atoms with Gasteiger partial charge in [0, 0.05) is 38.8 Å². The van der Waals surface area contributed by atoms with Crippen LogP contribution in [0.15, 0.2) is 192 Å². The summed E-state index contributed by atoms with van der Waals surface area (Å²) in [6, 6.07) is 68.9. The molecule has 8 aromatic carbocycles. The monoisotopic (exact) mass is 691 g/mol. The normalized spacial score (nSPS) is 14.4. The molecule has 54 heavy (non-hydrogen) atoms. The molecule has 256 valence electrons. The van der Waals surface area contributed by atoms with Crippen molar-refractivity contribution in [2.24, 2.45) is 0 Å². The van der Waals surface area contributed by atoms with E-state index < -0.39 is 5.41 Å². The first-order chi connectivity index (χ1) is 26.5. The lowest BCUT2D eigenvalue weighted by molar-refractivity contribution is 0.563. The van der Waals surface area contributed by atoms with Gasteiger partial charge in [-0.2, -0.15) is 0 Å². The Labute approximate surface area is 315 Å². The summed E-state index contributed by atoms with van der Waals surface area (Å²) < 4.78 is 6.42. The van der Waals surface area contributed by atoms with Gasteiger partial charge in [-0.1, -0.05) is 159 Å². The molecule has 1 heterocycles. The third kappa shape index (κ3) is 4.17. The molecule has 0 aliphatic heterocycles. The van der Waals surface area contributed by atoms with Crippen LogP contribution in [-0.4, -0.2) is 0 Å². The molecule has 1 spiro atoms. The highest BCUT2D eigenvalue weighted by Gasteiger charge is 2.53. The standard InChI is InChI=1S/C52H37NO/c1-51(2)45-22-9-11-24-47(45)52(48-25-12-10-23-46(48)51)43-21-8-6-17-39(43)42-33-37(31-32-44(42)52)53(35-15-4-3-5-16-35)36-29-27-34(28-30-36)38-19-14-20-41-40-18-7-13-26-49(40)54-50(38)41/h3-33H,1-2H3. The van der Waals surface area contributed by atoms with Crippen molar-refractivity contribution in [3.63, 3.8) is 0 Å². The molecule has 0 fully saturated rings. The highest BCUT2D eigenvalue weighted by molar-refractivity contribution is 6.09. The molecule has 0 unspecified atom stereocenters. The lowest BCUT2D eigenvalue weighted by Crippen LogP contribution is -2.40. The molecule has 11 rings (SSSR count). The molecule has 0 saturated carbocycles. The zero-order valence-electron chi connectivity index (χ0n) is 30.3. The molecule has 2 aliphatic carbocycles. The average molecular weight is 692 g/mol. The van der Waals surface area contributed by atoms with Crippen molar-refractivity contribution < 1.29 is 4.42 Å². The van der Waals surface area contributed by atoms with Crippen LogP contribution in [0.4, 0.5) is 17.1 Å². The number of benzene rings is 8. The van der Waals surface area contributed by atoms with Gasteiger partial charge in [0.25, 0.3) is 0 Å². The number of furan rings is 1. The van der Waals surface area contributed by atoms with Gasteiger partial charge in [-0.25, -0.2) is 0 Å². The first-order valence-electron chi connectivity index (χ1n) is 18.9. The van der Waals surface area contributed by atoms with Crippen molar-refractivity contribution in [2.45, 2.75) is 24.7 Å². The second kappa shape index (κ2) is 11.4. The summed E-state index contributed by atoms with van der Waals surface area (Å²) in [5.41, 5.74) is 17.6. The van der Waals surface area contributed by atoms with Gasteiger partial charge in [0.2, 0.25) is 0 Å². The molecule has 0 atom stereocenters. The van der Waals surface area contributed by atoms with Crippen molar-refractivity contribution in [1.82, 2.24) is 0 Å². The molecule has 0 saturated heterocycles. The van der Waals surface area contributed by atoms with E-state index >= 15 is 0 Å². The zero-order chi connectivity index (χ0) is 36.0. The Morgan fingerprint density at radius 1 is 0.389 bits per heavy atom. The second-order valence-electron chi connectivity index (χ2n) is 15.2. The average Bonchev–Trinajstić information content (AvgIpc) is 3.75. The molecule has 9 aromatic rings. The lowest BCUT2D eigenvalue weighted by Gasteiger charge is -2.46. The second-order valence-corrected chi connectivity index (χ2v) is 15.2. The minimum absolute atomic E-state index is 0.123. The molecule has 0 radical (unpaired) electrons. The largest absolute Gasteiger partial charge is 0.455 e. The van der Waals surface area contributed by atoms with E-state index in [2.05, 4.69) is 195 Å². The van der Waals surface area contributed by atoms with Gasteiger partial charge in [0.15, 0.2) is 0 Å². The summed E-state index contributed by atoms with van der Waals surface area (Å²) in [4.78, 5) is 2.38. The third-order valence-corrected chi connectivity index (χ3v) is 12.2. The minimum atomic E-state index is -0.413.